The second-order valence-electron chi connectivity index (χ2n) is 23.9. The number of nitrogens with zero attached hydrogens (tertiary/aromatic N) is 8. The number of phenols is 1. The number of carbonyl (C=O) groups is 9. The van der Waals surface area contributed by atoms with Gasteiger partial charge in [0.1, 0.15) is 46.9 Å². The van der Waals surface area contributed by atoms with E-state index in [0.29, 0.717) is 119 Å². The third-order valence-electron chi connectivity index (χ3n) is 16.4. The van der Waals surface area contributed by atoms with Crippen LogP contribution in [0.5, 0.6) is 34.5 Å². The molecule has 39 nitrogen and oxygen atoms in total. The zero-order valence-corrected chi connectivity index (χ0v) is 68.2. The van der Waals surface area contributed by atoms with Gasteiger partial charge in [-0.3, -0.25) is 83.6 Å². The number of oxime groups is 1. The molecule has 0 saturated carbocycles. The third kappa shape index (κ3) is 27.7. The number of methoxy groups -OCH3 is 5. The number of nitro benzene ring substituents is 4. The van der Waals surface area contributed by atoms with Gasteiger partial charge in [-0.1, -0.05) is 38.8 Å². The molecule has 9 aromatic rings. The van der Waals surface area contributed by atoms with E-state index in [4.69, 9.17) is 75.0 Å². The fourth-order valence-corrected chi connectivity index (χ4v) is 11.3. The van der Waals surface area contributed by atoms with E-state index in [1.807, 2.05) is 24.3 Å². The van der Waals surface area contributed by atoms with E-state index in [1.54, 1.807) is 31.4 Å². The molecule has 13 rings (SSSR count). The number of allylic oxidation sites excluding steroid dienone is 2. The number of carbonyl (C=O) groups excluding carboxylic acids is 9. The number of aldehydes is 2. The molecule has 4 aliphatic carbocycles. The number of aromatic nitrogens is 3. The number of aromatic hydroxyl groups is 1. The molecule has 4 aliphatic rings. The molecule has 0 unspecified atom stereocenters. The maximum Gasteiger partial charge on any atom is 1.00 e. The van der Waals surface area contributed by atoms with Gasteiger partial charge in [-0.15, -0.1) is 11.6 Å². The average molecular weight is 1730 g/mol. The van der Waals surface area contributed by atoms with Crippen LogP contribution in [0.15, 0.2) is 138 Å². The second-order valence-corrected chi connectivity index (χ2v) is 25.0. The number of nitrogen functional groups attached to an aromatic ring is 1. The quantitative estimate of drug-likeness (QED) is 0.00673. The molecule has 1 amide bonds. The molecule has 6 aromatic carbocycles. The number of halogens is 2. The van der Waals surface area contributed by atoms with Crippen molar-refractivity contribution in [3.05, 3.63) is 211 Å². The molecule has 616 valence electrons. The van der Waals surface area contributed by atoms with Gasteiger partial charge >= 0.3 is 52.3 Å². The molecule has 0 spiro atoms. The Kier molecular flexibility index (Phi) is 40.7. The predicted molar refractivity (Wildman–Crippen MR) is 417 cm³/mol. The number of nitrogens with one attached hydrogen (secondary N) is 1. The minimum atomic E-state index is -0.718. The van der Waals surface area contributed by atoms with Gasteiger partial charge in [-0.25, -0.2) is 0 Å². The van der Waals surface area contributed by atoms with Crippen molar-refractivity contribution in [1.29, 1.82) is 0 Å². The monoisotopic (exact) mass is 1730 g/mol. The summed E-state index contributed by atoms with van der Waals surface area (Å²) in [6.45, 7) is 1.27. The molecule has 42 heteroatoms. The summed E-state index contributed by atoms with van der Waals surface area (Å²) in [6, 6.07) is 26.7. The number of ketones is 5. The Hall–Kier alpha value is -13.3. The fraction of sp³-hybridized carbons (Fsp3) is 0.250. The zero-order valence-electron chi connectivity index (χ0n) is 63.9. The molecular weight excluding hydrogens is 1660 g/mol. The first-order valence-corrected chi connectivity index (χ1v) is 35.5. The number of hydrogen-bond donors (Lipinski definition) is 4. The van der Waals surface area contributed by atoms with Crippen molar-refractivity contribution in [2.24, 2.45) is 5.16 Å². The number of rotatable bonds is 19. The fourth-order valence-electron chi connectivity index (χ4n) is 10.8. The van der Waals surface area contributed by atoms with Gasteiger partial charge in [0, 0.05) is 100 Å². The first-order chi connectivity index (χ1) is 56.1. The van der Waals surface area contributed by atoms with E-state index in [0.717, 1.165) is 102 Å². The Bertz CT molecular complexity index is 5160. The first kappa shape index (κ1) is 97.1. The number of hydrogen-bond acceptors (Lipinski definition) is 34. The number of phenolic OH excluding ortho intramolecular Hbond substituents is 1. The van der Waals surface area contributed by atoms with Crippen LogP contribution in [0.1, 0.15) is 139 Å². The molecule has 0 radical (unpaired) electrons. The third-order valence-corrected chi connectivity index (χ3v) is 17.5. The maximum atomic E-state index is 11.8. The van der Waals surface area contributed by atoms with Crippen LogP contribution in [0.4, 0.5) is 34.1 Å². The van der Waals surface area contributed by atoms with E-state index < -0.39 is 31.1 Å². The van der Waals surface area contributed by atoms with Crippen LogP contribution in [-0.2, 0) is 43.3 Å². The number of nitro groups is 4. The molecule has 3 aromatic heterocycles. The summed E-state index contributed by atoms with van der Waals surface area (Å²) in [7, 11) is 7.11. The van der Waals surface area contributed by atoms with Gasteiger partial charge in [-0.2, -0.15) is 0 Å². The molecule has 5 N–H and O–H groups in total. The van der Waals surface area contributed by atoms with Gasteiger partial charge in [0.2, 0.25) is 41.0 Å². The molecule has 0 saturated heterocycles. The summed E-state index contributed by atoms with van der Waals surface area (Å²) in [5.74, 6) is 2.45. The SMILES string of the molecule is CC(=O)CCl.COc1cc(-c2noc3c2CCCC3=O)ccc1N.COc1cc(-c2noc3c2CCCC3=O)ccc1NC=O.COc1cc(-c2noc3c2CCCC3=O)ccc1[N+](=O)[O-].COc1cc(C=NO)ccc1[N+](=O)[O-].COc1cc(C=O)ccc1[N+](=O)[O-].O=C1CCCC=C1Br.O=CO[O-].O=Cc1ccc([N+](=O)[O-])c(O)c1.[Na+]. The summed E-state index contributed by atoms with van der Waals surface area (Å²) in [5.41, 5.74) is 13.9. The standard InChI is InChI=1S/C15H14N2O4.C14H12N2O5.C14H14N2O3.C8H8N2O4.C8H7NO4.C7H5NO4.C6H7BrO.C3H5ClO.CH2O3.Na/c1-20-13-7-9(5-6-11(13)16-8-18)14-10-3-2-4-12(19)15(10)21-17-14;1-20-12-7-8(5-6-10(12)16(18)19)13-9-3-2-4-11(17)14(9)21-15-13;1-18-12-7-8(5-6-10(12)15)13-9-3-2-4-11(17)14(9)19-16-13;1-14-8-4-6(5-9-11)2-3-7(8)10(12)13;1-13-8-4-6(5-10)2-3-7(8)9(11)12;9-4-5-1-2-6(8(11)12)7(10)3-5;7-5-3-1-2-4-6(5)8;1-3(5)2-4;2-1-4-3;/h5-8H,2-4H2,1H3,(H,16,18);5-7H,2-4H2,1H3;5-7H,2-4,15H2,1H3;2-5,11H,1H3;2-5H,1H3;1-4,10H;3H,1-2,4H2;2H2,1H3;1,3H;/q;;;;;;;;;+1/p-1. The summed E-state index contributed by atoms with van der Waals surface area (Å²) >= 11 is 8.15. The normalized spacial score (nSPS) is 12.3. The number of Topliss-reactive ketones (excluding diaryl/α,β-unsaturated/α-hetero) is 5. The molecule has 0 bridgehead atoms. The van der Waals surface area contributed by atoms with Crippen LogP contribution in [-0.4, -0.2) is 147 Å². The first-order valence-electron chi connectivity index (χ1n) is 34.1. The molecule has 0 fully saturated rings. The molecule has 118 heavy (non-hydrogen) atoms. The Morgan fingerprint density at radius 2 is 0.898 bits per heavy atom. The molecule has 3 heterocycles. The summed E-state index contributed by atoms with van der Waals surface area (Å²) in [5, 5.41) is 85.0. The maximum absolute atomic E-state index is 11.8. The number of alkyl halides is 1. The van der Waals surface area contributed by atoms with Crippen molar-refractivity contribution in [1.82, 2.24) is 15.5 Å². The number of amides is 1. The van der Waals surface area contributed by atoms with Crippen molar-refractivity contribution in [2.45, 2.75) is 84.0 Å². The van der Waals surface area contributed by atoms with E-state index in [9.17, 15) is 78.8 Å². The zero-order chi connectivity index (χ0) is 86.4. The van der Waals surface area contributed by atoms with Gasteiger partial charge in [0.05, 0.1) is 83.2 Å². The predicted octanol–water partition coefficient (Wildman–Crippen LogP) is 9.88. The van der Waals surface area contributed by atoms with Gasteiger partial charge in [-0.05, 0) is 147 Å². The largest absolute Gasteiger partial charge is 1.00 e. The molecular formula is C76H73BrClN10NaO29. The van der Waals surface area contributed by atoms with Crippen molar-refractivity contribution in [3.8, 4) is 68.3 Å². The second kappa shape index (κ2) is 49.5. The summed E-state index contributed by atoms with van der Waals surface area (Å²) < 4.78 is 41.3. The van der Waals surface area contributed by atoms with Crippen molar-refractivity contribution < 1.29 is 150 Å². The van der Waals surface area contributed by atoms with Crippen LogP contribution in [0.2, 0.25) is 0 Å². The van der Waals surface area contributed by atoms with Gasteiger partial charge in [0.15, 0.2) is 28.8 Å². The van der Waals surface area contributed by atoms with E-state index in [1.165, 1.54) is 90.0 Å². The van der Waals surface area contributed by atoms with E-state index in [-0.39, 0.29) is 111 Å². The Morgan fingerprint density at radius 1 is 0.542 bits per heavy atom. The summed E-state index contributed by atoms with van der Waals surface area (Å²) in [6.07, 6.45) is 13.8. The minimum absolute atomic E-state index is 0. The minimum Gasteiger partial charge on any atom is -0.662 e. The smallest absolute Gasteiger partial charge is 0.662 e. The van der Waals surface area contributed by atoms with Crippen molar-refractivity contribution in [3.63, 3.8) is 0 Å². The topological polar surface area (TPSA) is 574 Å². The Labute approximate surface area is 704 Å². The van der Waals surface area contributed by atoms with Crippen LogP contribution < -0.4 is 69.5 Å². The Morgan fingerprint density at radius 3 is 1.25 bits per heavy atom. The Balaban J connectivity index is 0.000000289. The van der Waals surface area contributed by atoms with Gasteiger partial charge < -0.3 is 68.8 Å². The number of benzene rings is 6. The summed E-state index contributed by atoms with van der Waals surface area (Å²) in [4.78, 5) is 138. The van der Waals surface area contributed by atoms with Crippen LogP contribution >= 0.6 is 27.5 Å². The molecule has 0 atom stereocenters. The van der Waals surface area contributed by atoms with Crippen molar-refractivity contribution in [2.75, 3.05) is 52.5 Å². The molecule has 0 aliphatic heterocycles. The van der Waals surface area contributed by atoms with Crippen LogP contribution in [0.3, 0.4) is 0 Å². The number of ether oxygens (including phenoxy) is 5. The number of fused-ring (bicyclic) bond motifs is 3. The van der Waals surface area contributed by atoms with E-state index in [2.05, 4.69) is 46.8 Å². The number of anilines is 2. The van der Waals surface area contributed by atoms with Gasteiger partial charge in [0.25, 0.3) is 6.47 Å². The van der Waals surface area contributed by atoms with Crippen molar-refractivity contribution >= 4 is 122 Å². The average Bonchev–Trinajstić information content (AvgIpc) is 1.64. The van der Waals surface area contributed by atoms with Crippen LogP contribution in [0.25, 0.3) is 33.8 Å². The van der Waals surface area contributed by atoms with Crippen LogP contribution in [0, 0.1) is 40.5 Å². The van der Waals surface area contributed by atoms with E-state index >= 15 is 0 Å². The number of nitrogens with two attached hydrogens (primary N) is 1.